The molecule has 1 aliphatic rings. The molecule has 1 unspecified atom stereocenters. The smallest absolute Gasteiger partial charge is 0.394 e. The summed E-state index contributed by atoms with van der Waals surface area (Å²) in [5.74, 6) is -1.00. The van der Waals surface area contributed by atoms with Gasteiger partial charge in [0, 0.05) is 10.5 Å². The Hall–Kier alpha value is -2.38. The van der Waals surface area contributed by atoms with E-state index in [2.05, 4.69) is 30.1 Å². The Morgan fingerprint density at radius 2 is 2.25 bits per heavy atom. The van der Waals surface area contributed by atoms with E-state index in [1.165, 1.54) is 0 Å². The Balaban J connectivity index is 2.04. The highest BCUT2D eigenvalue weighted by atomic mass is 31.1. The number of aliphatic hydroxyl groups is 1. The standard InChI is InChI=1S/C13H16FN6O7P/c1-4(2)10(22)16-13-15-9-7(11(23)17-13)18-19-20(9)12-8(27-28(24)25)6(14)5(3-21)26-12/h4-6,8,12,21H,3H2,1-2H3,(H2-,15,16,17,19,22,23,24,25)/p+1/t5-,6-,8-,12-/m1/s1. The number of aromatic nitrogens is 5. The third-order valence-corrected chi connectivity index (χ3v) is 4.42. The van der Waals surface area contributed by atoms with Crippen LogP contribution in [0.2, 0.25) is 0 Å². The van der Waals surface area contributed by atoms with Crippen LogP contribution < -0.4 is 10.9 Å². The number of fused-ring (bicyclic) bond motifs is 1. The van der Waals surface area contributed by atoms with Gasteiger partial charge < -0.3 is 9.84 Å². The third-order valence-electron chi connectivity index (χ3n) is 4.00. The molecule has 28 heavy (non-hydrogen) atoms. The Kier molecular flexibility index (Phi) is 5.76. The molecule has 152 valence electrons. The van der Waals surface area contributed by atoms with Crippen LogP contribution in [0.4, 0.5) is 10.3 Å². The zero-order valence-electron chi connectivity index (χ0n) is 14.6. The lowest BCUT2D eigenvalue weighted by Gasteiger charge is -2.14. The zero-order chi connectivity index (χ0) is 20.6. The number of anilines is 1. The van der Waals surface area contributed by atoms with Gasteiger partial charge >= 0.3 is 8.25 Å². The minimum Gasteiger partial charge on any atom is -0.394 e. The van der Waals surface area contributed by atoms with Gasteiger partial charge in [0.15, 0.2) is 29.7 Å². The third kappa shape index (κ3) is 3.77. The number of amides is 1. The first-order chi connectivity index (χ1) is 13.2. The van der Waals surface area contributed by atoms with Crippen LogP contribution in [-0.4, -0.2) is 65.9 Å². The molecular weight excluding hydrogens is 402 g/mol. The van der Waals surface area contributed by atoms with Gasteiger partial charge in [-0.3, -0.25) is 19.9 Å². The first-order valence-corrected chi connectivity index (χ1v) is 9.25. The highest BCUT2D eigenvalue weighted by molar-refractivity contribution is 7.32. The maximum Gasteiger partial charge on any atom is 0.695 e. The molecule has 13 nitrogen and oxygen atoms in total. The molecule has 0 bridgehead atoms. The largest absolute Gasteiger partial charge is 0.695 e. The van der Waals surface area contributed by atoms with Crippen LogP contribution in [0, 0.1) is 5.92 Å². The molecule has 1 amide bonds. The van der Waals surface area contributed by atoms with Gasteiger partial charge in [-0.25, -0.2) is 4.39 Å². The number of nitrogens with zero attached hydrogens (tertiary/aromatic N) is 4. The maximum atomic E-state index is 14.4. The Bertz CT molecular complexity index is 964. The van der Waals surface area contributed by atoms with Crippen LogP contribution in [0.15, 0.2) is 4.79 Å². The van der Waals surface area contributed by atoms with Gasteiger partial charge in [-0.05, 0) is 0 Å². The number of hydrogen-bond donors (Lipinski definition) is 4. The Morgan fingerprint density at radius 1 is 1.54 bits per heavy atom. The second-order valence-corrected chi connectivity index (χ2v) is 6.95. The summed E-state index contributed by atoms with van der Waals surface area (Å²) >= 11 is 0. The van der Waals surface area contributed by atoms with Crippen molar-refractivity contribution in [1.29, 1.82) is 0 Å². The molecule has 1 fully saturated rings. The minimum absolute atomic E-state index is 0.180. The van der Waals surface area contributed by atoms with Crippen LogP contribution in [0.1, 0.15) is 20.1 Å². The molecular formula is C13H17FN6O7P+. The molecule has 5 atom stereocenters. The molecule has 4 N–H and O–H groups in total. The van der Waals surface area contributed by atoms with Crippen molar-refractivity contribution in [3.8, 4) is 0 Å². The summed E-state index contributed by atoms with van der Waals surface area (Å²) in [4.78, 5) is 39.4. The number of hydrogen-bond acceptors (Lipinski definition) is 9. The van der Waals surface area contributed by atoms with E-state index in [0.717, 1.165) is 4.68 Å². The normalized spacial score (nSPS) is 25.4. The first kappa shape index (κ1) is 20.4. The quantitative estimate of drug-likeness (QED) is 0.440. The number of alkyl halides is 1. The maximum absolute atomic E-state index is 14.4. The van der Waals surface area contributed by atoms with E-state index in [4.69, 9.17) is 9.63 Å². The van der Waals surface area contributed by atoms with Crippen LogP contribution in [-0.2, 0) is 18.6 Å². The second-order valence-electron chi connectivity index (χ2n) is 6.26. The fourth-order valence-electron chi connectivity index (χ4n) is 2.59. The van der Waals surface area contributed by atoms with Crippen molar-refractivity contribution in [3.05, 3.63) is 10.4 Å². The van der Waals surface area contributed by atoms with Crippen molar-refractivity contribution in [1.82, 2.24) is 25.0 Å². The molecule has 0 spiro atoms. The second kappa shape index (κ2) is 7.93. The van der Waals surface area contributed by atoms with Crippen LogP contribution >= 0.6 is 8.25 Å². The van der Waals surface area contributed by atoms with Crippen LogP contribution in [0.3, 0.4) is 0 Å². The number of carbonyl (C=O) groups excluding carboxylic acids is 1. The zero-order valence-corrected chi connectivity index (χ0v) is 15.5. The fourth-order valence-corrected chi connectivity index (χ4v) is 3.02. The van der Waals surface area contributed by atoms with Crippen molar-refractivity contribution < 1.29 is 33.0 Å². The average molecular weight is 419 g/mol. The van der Waals surface area contributed by atoms with Crippen molar-refractivity contribution in [3.63, 3.8) is 0 Å². The molecule has 15 heteroatoms. The van der Waals surface area contributed by atoms with Gasteiger partial charge in [-0.1, -0.05) is 19.1 Å². The average Bonchev–Trinajstić information content (AvgIpc) is 3.16. The molecule has 1 aliphatic heterocycles. The van der Waals surface area contributed by atoms with Gasteiger partial charge in [0.2, 0.25) is 11.9 Å². The summed E-state index contributed by atoms with van der Waals surface area (Å²) in [5.41, 5.74) is -1.14. The van der Waals surface area contributed by atoms with E-state index in [-0.39, 0.29) is 17.1 Å². The number of aliphatic hydroxyl groups excluding tert-OH is 1. The lowest BCUT2D eigenvalue weighted by atomic mass is 10.1. The molecule has 2 aromatic rings. The molecule has 1 saturated heterocycles. The van der Waals surface area contributed by atoms with E-state index >= 15 is 0 Å². The summed E-state index contributed by atoms with van der Waals surface area (Å²) in [5, 5.41) is 19.0. The van der Waals surface area contributed by atoms with E-state index in [1.807, 2.05) is 0 Å². The molecule has 0 saturated carbocycles. The van der Waals surface area contributed by atoms with Crippen molar-refractivity contribution >= 4 is 31.3 Å². The predicted molar refractivity (Wildman–Crippen MR) is 90.0 cm³/mol. The highest BCUT2D eigenvalue weighted by Gasteiger charge is 2.52. The highest BCUT2D eigenvalue weighted by Crippen LogP contribution is 2.38. The van der Waals surface area contributed by atoms with E-state index in [1.54, 1.807) is 13.8 Å². The van der Waals surface area contributed by atoms with Crippen LogP contribution in [0.5, 0.6) is 0 Å². The monoisotopic (exact) mass is 419 g/mol. The van der Waals surface area contributed by atoms with Gasteiger partial charge in [-0.2, -0.15) is 9.67 Å². The predicted octanol–water partition coefficient (Wildman–Crippen LogP) is -0.628. The number of nitrogens with one attached hydrogen (secondary N) is 2. The number of H-pyrrole nitrogens is 1. The molecule has 3 heterocycles. The summed E-state index contributed by atoms with van der Waals surface area (Å²) in [6.45, 7) is 2.55. The molecule has 0 aliphatic carbocycles. The lowest BCUT2D eigenvalue weighted by molar-refractivity contribution is -0.118. The van der Waals surface area contributed by atoms with Gasteiger partial charge in [0.05, 0.1) is 6.61 Å². The number of carbonyl (C=O) groups is 1. The number of aromatic amines is 1. The van der Waals surface area contributed by atoms with Gasteiger partial charge in [-0.15, -0.1) is 14.5 Å². The van der Waals surface area contributed by atoms with E-state index in [9.17, 15) is 23.7 Å². The topological polar surface area (TPSA) is 182 Å². The van der Waals surface area contributed by atoms with Crippen molar-refractivity contribution in [2.24, 2.45) is 5.92 Å². The lowest BCUT2D eigenvalue weighted by Crippen LogP contribution is -2.31. The van der Waals surface area contributed by atoms with Crippen molar-refractivity contribution in [2.45, 2.75) is 38.5 Å². The first-order valence-electron chi connectivity index (χ1n) is 8.12. The van der Waals surface area contributed by atoms with E-state index < -0.39 is 56.9 Å². The SMILES string of the molecule is CC(C)C(=O)Nc1nc2c(nnn2[C@@H]2O[C@H](CO)[C@@H](F)[C@H]2O[P+](=O)O)c(=O)[nH]1. The molecule has 0 aromatic carbocycles. The van der Waals surface area contributed by atoms with Crippen LogP contribution in [0.25, 0.3) is 11.2 Å². The van der Waals surface area contributed by atoms with Gasteiger partial charge in [0.1, 0.15) is 6.10 Å². The van der Waals surface area contributed by atoms with E-state index in [0.29, 0.717) is 0 Å². The number of ether oxygens (including phenoxy) is 1. The molecule has 3 rings (SSSR count). The summed E-state index contributed by atoms with van der Waals surface area (Å²) in [6.07, 6.45) is -6.37. The molecule has 2 aromatic heterocycles. The minimum atomic E-state index is -3.20. The Morgan fingerprint density at radius 3 is 2.86 bits per heavy atom. The van der Waals surface area contributed by atoms with Crippen molar-refractivity contribution in [2.75, 3.05) is 11.9 Å². The molecule has 0 radical (unpaired) electrons. The summed E-state index contributed by atoms with van der Waals surface area (Å²) in [6, 6.07) is 0. The Labute approximate surface area is 156 Å². The number of halogens is 1. The summed E-state index contributed by atoms with van der Waals surface area (Å²) in [7, 11) is -3.20. The van der Waals surface area contributed by atoms with Gasteiger partial charge in [0.25, 0.3) is 5.56 Å². The fraction of sp³-hybridized carbons (Fsp3) is 0.615. The number of rotatable bonds is 6. The summed E-state index contributed by atoms with van der Waals surface area (Å²) < 4.78 is 36.4.